The van der Waals surface area contributed by atoms with Crippen molar-refractivity contribution in [2.45, 2.75) is 32.7 Å². The van der Waals surface area contributed by atoms with Gasteiger partial charge in [-0.2, -0.15) is 0 Å². The summed E-state index contributed by atoms with van der Waals surface area (Å²) in [5.41, 5.74) is 2.37. The van der Waals surface area contributed by atoms with Gasteiger partial charge in [-0.05, 0) is 19.8 Å². The highest BCUT2D eigenvalue weighted by atomic mass is 32.1. The van der Waals surface area contributed by atoms with Crippen molar-refractivity contribution in [2.75, 3.05) is 19.8 Å². The molecule has 21 heavy (non-hydrogen) atoms. The minimum absolute atomic E-state index is 0.195. The molecule has 5 nitrogen and oxygen atoms in total. The third-order valence-electron chi connectivity index (χ3n) is 4.72. The van der Waals surface area contributed by atoms with Crippen molar-refractivity contribution >= 4 is 22.2 Å². The first kappa shape index (κ1) is 13.3. The number of carbonyl (C=O) groups excluding carboxylic acids is 1. The predicted octanol–water partition coefficient (Wildman–Crippen LogP) is 2.23. The number of fused-ring (bicyclic) bond motifs is 1. The van der Waals surface area contributed by atoms with Crippen molar-refractivity contribution in [3.05, 3.63) is 23.0 Å². The molecule has 112 valence electrons. The number of nitrogens with zero attached hydrogens (tertiary/aromatic N) is 3. The zero-order valence-electron chi connectivity index (χ0n) is 12.2. The fourth-order valence-electron chi connectivity index (χ4n) is 3.43. The molecule has 2 aliphatic rings. The van der Waals surface area contributed by atoms with Gasteiger partial charge in [0.25, 0.3) is 0 Å². The average Bonchev–Trinajstić information content (AvgIpc) is 3.14. The van der Waals surface area contributed by atoms with Crippen LogP contribution in [0.25, 0.3) is 4.96 Å². The Morgan fingerprint density at radius 3 is 3.14 bits per heavy atom. The Labute approximate surface area is 127 Å². The third kappa shape index (κ3) is 2.26. The van der Waals surface area contributed by atoms with Crippen LogP contribution in [0.15, 0.2) is 11.6 Å². The van der Waals surface area contributed by atoms with E-state index < -0.39 is 0 Å². The van der Waals surface area contributed by atoms with E-state index in [0.29, 0.717) is 13.0 Å². The summed E-state index contributed by atoms with van der Waals surface area (Å²) in [6, 6.07) is 0. The fourth-order valence-corrected chi connectivity index (χ4v) is 4.30. The molecule has 0 radical (unpaired) electrons. The Balaban J connectivity index is 1.55. The Morgan fingerprint density at radius 1 is 1.48 bits per heavy atom. The number of aromatic nitrogens is 2. The molecular formula is C15H19N3O2S. The molecule has 1 atom stereocenters. The van der Waals surface area contributed by atoms with E-state index in [1.807, 2.05) is 4.90 Å². The van der Waals surface area contributed by atoms with E-state index >= 15 is 0 Å². The minimum atomic E-state index is 0.195. The zero-order chi connectivity index (χ0) is 14.4. The maximum Gasteiger partial charge on any atom is 0.222 e. The van der Waals surface area contributed by atoms with Crippen molar-refractivity contribution in [3.63, 3.8) is 0 Å². The number of aryl methyl sites for hydroxylation is 1. The maximum atomic E-state index is 12.2. The van der Waals surface area contributed by atoms with Gasteiger partial charge in [0, 0.05) is 42.3 Å². The molecule has 6 heteroatoms. The number of thiazole rings is 1. The molecule has 0 N–H and O–H groups in total. The van der Waals surface area contributed by atoms with E-state index in [0.717, 1.165) is 43.3 Å². The minimum Gasteiger partial charge on any atom is -0.381 e. The Kier molecular flexibility index (Phi) is 3.04. The van der Waals surface area contributed by atoms with Gasteiger partial charge >= 0.3 is 0 Å². The number of ether oxygens (including phenoxy) is 1. The molecule has 0 aliphatic carbocycles. The van der Waals surface area contributed by atoms with Crippen LogP contribution in [-0.4, -0.2) is 40.0 Å². The summed E-state index contributed by atoms with van der Waals surface area (Å²) in [7, 11) is 0. The third-order valence-corrected chi connectivity index (χ3v) is 5.68. The molecule has 2 aliphatic heterocycles. The maximum absolute atomic E-state index is 12.2. The van der Waals surface area contributed by atoms with Gasteiger partial charge in [0.05, 0.1) is 18.8 Å². The van der Waals surface area contributed by atoms with Crippen LogP contribution < -0.4 is 0 Å². The Bertz CT molecular complexity index is 684. The largest absolute Gasteiger partial charge is 0.381 e. The van der Waals surface area contributed by atoms with Gasteiger partial charge < -0.3 is 9.64 Å². The van der Waals surface area contributed by atoms with Crippen molar-refractivity contribution in [2.24, 2.45) is 5.41 Å². The van der Waals surface area contributed by atoms with Gasteiger partial charge in [0.2, 0.25) is 5.91 Å². The molecule has 1 spiro atoms. The Hall–Kier alpha value is -1.40. The second-order valence-electron chi connectivity index (χ2n) is 6.31. The second-order valence-corrected chi connectivity index (χ2v) is 7.15. The van der Waals surface area contributed by atoms with E-state index in [1.165, 1.54) is 5.69 Å². The van der Waals surface area contributed by atoms with Gasteiger partial charge in [-0.3, -0.25) is 9.20 Å². The highest BCUT2D eigenvalue weighted by Crippen LogP contribution is 2.38. The highest BCUT2D eigenvalue weighted by Gasteiger charge is 2.41. The topological polar surface area (TPSA) is 46.8 Å². The van der Waals surface area contributed by atoms with Gasteiger partial charge in [-0.1, -0.05) is 0 Å². The molecule has 4 rings (SSSR count). The van der Waals surface area contributed by atoms with Gasteiger partial charge in [-0.15, -0.1) is 11.3 Å². The van der Waals surface area contributed by atoms with E-state index in [-0.39, 0.29) is 11.3 Å². The lowest BCUT2D eigenvalue weighted by molar-refractivity contribution is -0.138. The molecule has 2 saturated heterocycles. The smallest absolute Gasteiger partial charge is 0.222 e. The number of hydrogen-bond acceptors (Lipinski definition) is 4. The van der Waals surface area contributed by atoms with Crippen LogP contribution in [0.4, 0.5) is 0 Å². The average molecular weight is 305 g/mol. The Morgan fingerprint density at radius 2 is 2.38 bits per heavy atom. The number of imidazole rings is 1. The summed E-state index contributed by atoms with van der Waals surface area (Å²) in [5, 5.41) is 2.10. The highest BCUT2D eigenvalue weighted by molar-refractivity contribution is 7.15. The van der Waals surface area contributed by atoms with E-state index in [2.05, 4.69) is 27.9 Å². The quantitative estimate of drug-likeness (QED) is 0.855. The first-order valence-corrected chi connectivity index (χ1v) is 8.31. The van der Waals surface area contributed by atoms with Crippen LogP contribution in [0.5, 0.6) is 0 Å². The number of likely N-dealkylation sites (tertiary alicyclic amines) is 1. The standard InChI is InChI=1S/C15H19N3O2S/c1-11-8-21-14-16-12(7-18(11)14)6-17-9-15(3-2-13(17)19)4-5-20-10-15/h7-8H,2-6,9-10H2,1H3. The first-order valence-electron chi connectivity index (χ1n) is 7.43. The zero-order valence-corrected chi connectivity index (χ0v) is 13.0. The number of piperidine rings is 1. The molecule has 0 bridgehead atoms. The van der Waals surface area contributed by atoms with Crippen molar-refractivity contribution in [1.29, 1.82) is 0 Å². The second kappa shape index (κ2) is 4.81. The summed E-state index contributed by atoms with van der Waals surface area (Å²) in [6.45, 7) is 5.14. The molecule has 0 saturated carbocycles. The molecule has 2 aromatic rings. The van der Waals surface area contributed by atoms with Gasteiger partial charge in [0.15, 0.2) is 4.96 Å². The SMILES string of the molecule is Cc1csc2nc(CN3CC4(CCOC4)CCC3=O)cn12. The van der Waals surface area contributed by atoms with Crippen LogP contribution in [0.3, 0.4) is 0 Å². The summed E-state index contributed by atoms with van der Waals surface area (Å²) < 4.78 is 7.67. The molecule has 1 unspecified atom stereocenters. The number of carbonyl (C=O) groups is 1. The number of rotatable bonds is 2. The van der Waals surface area contributed by atoms with E-state index in [9.17, 15) is 4.79 Å². The summed E-state index contributed by atoms with van der Waals surface area (Å²) in [4.78, 5) is 19.8. The van der Waals surface area contributed by atoms with E-state index in [4.69, 9.17) is 4.74 Å². The van der Waals surface area contributed by atoms with Crippen LogP contribution in [0, 0.1) is 12.3 Å². The molecular weight excluding hydrogens is 286 g/mol. The normalized spacial score (nSPS) is 26.3. The molecule has 4 heterocycles. The van der Waals surface area contributed by atoms with E-state index in [1.54, 1.807) is 11.3 Å². The lowest BCUT2D eigenvalue weighted by Gasteiger charge is -2.38. The molecule has 1 amide bonds. The first-order chi connectivity index (χ1) is 10.2. The number of amides is 1. The van der Waals surface area contributed by atoms with Crippen LogP contribution in [-0.2, 0) is 16.1 Å². The molecule has 2 fully saturated rings. The molecule has 0 aromatic carbocycles. The number of hydrogen-bond donors (Lipinski definition) is 0. The summed E-state index contributed by atoms with van der Waals surface area (Å²) >= 11 is 1.64. The van der Waals surface area contributed by atoms with Gasteiger partial charge in [0.1, 0.15) is 0 Å². The predicted molar refractivity (Wildman–Crippen MR) is 80.3 cm³/mol. The van der Waals surface area contributed by atoms with Crippen LogP contribution in [0.1, 0.15) is 30.7 Å². The lowest BCUT2D eigenvalue weighted by atomic mass is 9.79. The van der Waals surface area contributed by atoms with Crippen molar-refractivity contribution in [1.82, 2.24) is 14.3 Å². The van der Waals surface area contributed by atoms with Crippen LogP contribution >= 0.6 is 11.3 Å². The lowest BCUT2D eigenvalue weighted by Crippen LogP contribution is -2.46. The molecule has 2 aromatic heterocycles. The van der Waals surface area contributed by atoms with Gasteiger partial charge in [-0.25, -0.2) is 4.98 Å². The van der Waals surface area contributed by atoms with Crippen molar-refractivity contribution < 1.29 is 9.53 Å². The monoisotopic (exact) mass is 305 g/mol. The van der Waals surface area contributed by atoms with Crippen molar-refractivity contribution in [3.8, 4) is 0 Å². The summed E-state index contributed by atoms with van der Waals surface area (Å²) in [5.74, 6) is 0.251. The fraction of sp³-hybridized carbons (Fsp3) is 0.600. The summed E-state index contributed by atoms with van der Waals surface area (Å²) in [6.07, 6.45) is 4.75. The van der Waals surface area contributed by atoms with Crippen LogP contribution in [0.2, 0.25) is 0 Å².